The molecule has 1 heterocycles. The zero-order valence-electron chi connectivity index (χ0n) is 21.8. The van der Waals surface area contributed by atoms with Crippen LogP contribution in [0.15, 0.2) is 76.7 Å². The summed E-state index contributed by atoms with van der Waals surface area (Å²) in [4.78, 5) is 18.4. The number of fused-ring (bicyclic) bond motifs is 1. The molecule has 0 saturated heterocycles. The van der Waals surface area contributed by atoms with Gasteiger partial charge in [-0.15, -0.1) is 0 Å². The summed E-state index contributed by atoms with van der Waals surface area (Å²) in [5.74, 6) is 0.292. The van der Waals surface area contributed by atoms with E-state index in [4.69, 9.17) is 4.74 Å². The summed E-state index contributed by atoms with van der Waals surface area (Å²) in [5.41, 5.74) is 2.93. The van der Waals surface area contributed by atoms with Gasteiger partial charge in [-0.05, 0) is 85.1 Å². The van der Waals surface area contributed by atoms with E-state index in [1.54, 1.807) is 20.4 Å². The Labute approximate surface area is 227 Å². The van der Waals surface area contributed by atoms with Crippen LogP contribution in [0.2, 0.25) is 0 Å². The molecule has 1 aromatic heterocycles. The standard InChI is InChI=1S/C28H30N4O4S2/c1-5-6-17-31(3)38(34,35)24-14-10-22(11-15-24)27(33)32(29-19-21-8-12-23(36-4)13-9-21)28-30-25-16-7-20(2)18-26(25)37-28/h7-16,18-19H,5-6,17H2,1-4H3/b29-19+. The van der Waals surface area contributed by atoms with Crippen molar-refractivity contribution in [2.24, 2.45) is 5.10 Å². The van der Waals surface area contributed by atoms with Crippen LogP contribution in [0.5, 0.6) is 5.75 Å². The number of benzene rings is 3. The predicted molar refractivity (Wildman–Crippen MR) is 153 cm³/mol. The molecule has 0 saturated carbocycles. The number of hydrazone groups is 1. The number of aryl methyl sites for hydroxylation is 1. The second-order valence-electron chi connectivity index (χ2n) is 8.81. The van der Waals surface area contributed by atoms with Crippen molar-refractivity contribution in [1.82, 2.24) is 9.29 Å². The molecule has 0 radical (unpaired) electrons. The van der Waals surface area contributed by atoms with E-state index in [0.717, 1.165) is 34.2 Å². The van der Waals surface area contributed by atoms with Gasteiger partial charge in [0.15, 0.2) is 0 Å². The van der Waals surface area contributed by atoms with Crippen LogP contribution in [0.25, 0.3) is 10.2 Å². The maximum atomic E-state index is 13.6. The van der Waals surface area contributed by atoms with Crippen molar-refractivity contribution in [3.63, 3.8) is 0 Å². The molecule has 0 spiro atoms. The molecule has 3 aromatic carbocycles. The summed E-state index contributed by atoms with van der Waals surface area (Å²) < 4.78 is 33.3. The molecule has 0 aliphatic carbocycles. The lowest BCUT2D eigenvalue weighted by Gasteiger charge is -2.17. The van der Waals surface area contributed by atoms with E-state index in [-0.39, 0.29) is 4.90 Å². The number of rotatable bonds is 10. The number of hydrogen-bond acceptors (Lipinski definition) is 7. The Morgan fingerprint density at radius 2 is 1.79 bits per heavy atom. The molecule has 0 N–H and O–H groups in total. The Balaban J connectivity index is 1.67. The summed E-state index contributed by atoms with van der Waals surface area (Å²) in [6, 6.07) is 19.1. The fourth-order valence-electron chi connectivity index (χ4n) is 3.69. The Bertz CT molecular complexity index is 1550. The summed E-state index contributed by atoms with van der Waals surface area (Å²) in [7, 11) is -0.482. The highest BCUT2D eigenvalue weighted by Crippen LogP contribution is 2.31. The molecule has 4 aromatic rings. The third kappa shape index (κ3) is 6.09. The smallest absolute Gasteiger partial charge is 0.280 e. The van der Waals surface area contributed by atoms with E-state index < -0.39 is 15.9 Å². The number of ether oxygens (including phenoxy) is 1. The minimum Gasteiger partial charge on any atom is -0.497 e. The molecule has 0 atom stereocenters. The second kappa shape index (κ2) is 11.8. The molecule has 0 bridgehead atoms. The molecule has 10 heteroatoms. The van der Waals surface area contributed by atoms with E-state index in [1.807, 2.05) is 56.3 Å². The summed E-state index contributed by atoms with van der Waals surface area (Å²) >= 11 is 1.36. The van der Waals surface area contributed by atoms with Crippen molar-refractivity contribution < 1.29 is 17.9 Å². The minimum absolute atomic E-state index is 0.136. The molecular formula is C28H30N4O4S2. The number of amides is 1. The fraction of sp³-hybridized carbons (Fsp3) is 0.250. The first-order valence-electron chi connectivity index (χ1n) is 12.2. The highest BCUT2D eigenvalue weighted by atomic mass is 32.2. The lowest BCUT2D eigenvalue weighted by Crippen LogP contribution is -2.28. The SMILES string of the molecule is CCCCN(C)S(=O)(=O)c1ccc(C(=O)N(/N=C/c2ccc(OC)cc2)c2nc3ccc(C)cc3s2)cc1. The average molecular weight is 551 g/mol. The number of aromatic nitrogens is 1. The van der Waals surface area contributed by atoms with Crippen molar-refractivity contribution in [3.05, 3.63) is 83.4 Å². The van der Waals surface area contributed by atoms with Crippen molar-refractivity contribution >= 4 is 48.8 Å². The van der Waals surface area contributed by atoms with Gasteiger partial charge in [-0.2, -0.15) is 10.1 Å². The molecule has 0 aliphatic rings. The third-order valence-electron chi connectivity index (χ3n) is 5.98. The quantitative estimate of drug-likeness (QED) is 0.186. The van der Waals surface area contributed by atoms with Gasteiger partial charge in [0.05, 0.1) is 28.4 Å². The Kier molecular flexibility index (Phi) is 8.55. The van der Waals surface area contributed by atoms with E-state index in [0.29, 0.717) is 23.0 Å². The number of unbranched alkanes of at least 4 members (excludes halogenated alkanes) is 1. The molecular weight excluding hydrogens is 520 g/mol. The lowest BCUT2D eigenvalue weighted by atomic mass is 10.2. The minimum atomic E-state index is -3.64. The first-order chi connectivity index (χ1) is 18.2. The van der Waals surface area contributed by atoms with Crippen LogP contribution in [-0.2, 0) is 10.0 Å². The number of anilines is 1. The van der Waals surface area contributed by atoms with Crippen LogP contribution in [0.3, 0.4) is 0 Å². The zero-order valence-corrected chi connectivity index (χ0v) is 23.4. The monoisotopic (exact) mass is 550 g/mol. The van der Waals surface area contributed by atoms with Gasteiger partial charge in [0.1, 0.15) is 5.75 Å². The van der Waals surface area contributed by atoms with Gasteiger partial charge in [0.2, 0.25) is 15.2 Å². The molecule has 0 aliphatic heterocycles. The molecule has 198 valence electrons. The topological polar surface area (TPSA) is 92.2 Å². The highest BCUT2D eigenvalue weighted by Gasteiger charge is 2.24. The average Bonchev–Trinajstić information content (AvgIpc) is 3.34. The summed E-state index contributed by atoms with van der Waals surface area (Å²) in [6.07, 6.45) is 3.25. The van der Waals surface area contributed by atoms with E-state index in [1.165, 1.54) is 44.9 Å². The first-order valence-corrected chi connectivity index (χ1v) is 14.4. The van der Waals surface area contributed by atoms with Crippen molar-refractivity contribution in [3.8, 4) is 5.75 Å². The third-order valence-corrected chi connectivity index (χ3v) is 8.85. The van der Waals surface area contributed by atoms with E-state index >= 15 is 0 Å². The van der Waals surface area contributed by atoms with Gasteiger partial charge in [0, 0.05) is 19.2 Å². The second-order valence-corrected chi connectivity index (χ2v) is 11.9. The van der Waals surface area contributed by atoms with Gasteiger partial charge in [-0.25, -0.2) is 17.7 Å². The zero-order chi connectivity index (χ0) is 27.3. The van der Waals surface area contributed by atoms with Gasteiger partial charge >= 0.3 is 0 Å². The van der Waals surface area contributed by atoms with Crippen LogP contribution in [0, 0.1) is 6.92 Å². The van der Waals surface area contributed by atoms with Crippen LogP contribution >= 0.6 is 11.3 Å². The Hall–Kier alpha value is -3.60. The number of carbonyl (C=O) groups is 1. The van der Waals surface area contributed by atoms with Gasteiger partial charge in [-0.1, -0.05) is 30.7 Å². The molecule has 4 rings (SSSR count). The molecule has 8 nitrogen and oxygen atoms in total. The van der Waals surface area contributed by atoms with Gasteiger partial charge < -0.3 is 4.74 Å². The number of sulfonamides is 1. The van der Waals surface area contributed by atoms with Crippen LogP contribution in [0.4, 0.5) is 5.13 Å². The van der Waals surface area contributed by atoms with Crippen LogP contribution in [0.1, 0.15) is 41.3 Å². The van der Waals surface area contributed by atoms with Crippen molar-refractivity contribution in [2.45, 2.75) is 31.6 Å². The normalized spacial score (nSPS) is 11.9. The van der Waals surface area contributed by atoms with E-state index in [9.17, 15) is 13.2 Å². The number of carbonyl (C=O) groups excluding carboxylic acids is 1. The van der Waals surface area contributed by atoms with Crippen LogP contribution < -0.4 is 9.75 Å². The molecule has 38 heavy (non-hydrogen) atoms. The largest absolute Gasteiger partial charge is 0.497 e. The number of methoxy groups -OCH3 is 1. The molecule has 0 unspecified atom stereocenters. The summed E-state index contributed by atoms with van der Waals surface area (Å²) in [5, 5.41) is 6.15. The van der Waals surface area contributed by atoms with Crippen molar-refractivity contribution in [1.29, 1.82) is 0 Å². The van der Waals surface area contributed by atoms with E-state index in [2.05, 4.69) is 10.1 Å². The first kappa shape index (κ1) is 27.4. The van der Waals surface area contributed by atoms with Crippen LogP contribution in [-0.4, -0.2) is 50.5 Å². The number of nitrogens with zero attached hydrogens (tertiary/aromatic N) is 4. The maximum absolute atomic E-state index is 13.6. The fourth-order valence-corrected chi connectivity index (χ4v) is 5.92. The number of thiazole rings is 1. The van der Waals surface area contributed by atoms with Gasteiger partial charge in [-0.3, -0.25) is 4.79 Å². The van der Waals surface area contributed by atoms with Gasteiger partial charge in [0.25, 0.3) is 5.91 Å². The molecule has 1 amide bonds. The predicted octanol–water partition coefficient (Wildman–Crippen LogP) is 5.71. The Morgan fingerprint density at radius 3 is 2.45 bits per heavy atom. The lowest BCUT2D eigenvalue weighted by molar-refractivity contribution is 0.0987. The summed E-state index contributed by atoms with van der Waals surface area (Å²) in [6.45, 7) is 4.44. The maximum Gasteiger partial charge on any atom is 0.280 e. The number of hydrogen-bond donors (Lipinski definition) is 0. The molecule has 0 fully saturated rings. The Morgan fingerprint density at radius 1 is 1.08 bits per heavy atom. The highest BCUT2D eigenvalue weighted by molar-refractivity contribution is 7.89. The van der Waals surface area contributed by atoms with Crippen molar-refractivity contribution in [2.75, 3.05) is 25.7 Å².